The van der Waals surface area contributed by atoms with Crippen LogP contribution in [0, 0.1) is 6.92 Å². The molecule has 0 aliphatic rings. The highest BCUT2D eigenvalue weighted by molar-refractivity contribution is 7.13. The van der Waals surface area contributed by atoms with Crippen LogP contribution in [0.15, 0.2) is 34.5 Å². The van der Waals surface area contributed by atoms with Gasteiger partial charge in [-0.3, -0.25) is 0 Å². The normalized spacial score (nSPS) is 10.9. The van der Waals surface area contributed by atoms with Crippen molar-refractivity contribution >= 4 is 11.3 Å². The number of hydrogen-bond donors (Lipinski definition) is 0. The van der Waals surface area contributed by atoms with Crippen molar-refractivity contribution in [2.75, 3.05) is 0 Å². The Morgan fingerprint density at radius 3 is 3.06 bits per heavy atom. The Hall–Kier alpha value is -1.95. The smallest absolute Gasteiger partial charge is 0.150 e. The van der Waals surface area contributed by atoms with E-state index in [9.17, 15) is 0 Å². The number of rotatable bonds is 3. The van der Waals surface area contributed by atoms with Gasteiger partial charge in [0.25, 0.3) is 0 Å². The molecule has 0 unspecified atom stereocenters. The van der Waals surface area contributed by atoms with Gasteiger partial charge in [-0.2, -0.15) is 0 Å². The molecule has 3 aromatic rings. The van der Waals surface area contributed by atoms with Gasteiger partial charge >= 0.3 is 0 Å². The molecule has 3 aromatic heterocycles. The van der Waals surface area contributed by atoms with Crippen LogP contribution in [-0.4, -0.2) is 19.9 Å². The Labute approximate surface area is 102 Å². The van der Waals surface area contributed by atoms with Gasteiger partial charge in [0.1, 0.15) is 17.2 Å². The molecular formula is C11H10N4OS. The summed E-state index contributed by atoms with van der Waals surface area (Å²) in [6, 6.07) is 4.07. The predicted molar refractivity (Wildman–Crippen MR) is 63.7 cm³/mol. The van der Waals surface area contributed by atoms with Crippen molar-refractivity contribution in [3.63, 3.8) is 0 Å². The fraction of sp³-hybridized carbons (Fsp3) is 0.182. The van der Waals surface area contributed by atoms with Crippen molar-refractivity contribution in [3.05, 3.63) is 41.3 Å². The fourth-order valence-corrected chi connectivity index (χ4v) is 2.36. The van der Waals surface area contributed by atoms with Crippen molar-refractivity contribution < 1.29 is 4.63 Å². The molecule has 0 aliphatic carbocycles. The lowest BCUT2D eigenvalue weighted by Gasteiger charge is -2.03. The van der Waals surface area contributed by atoms with Gasteiger partial charge in [-0.15, -0.1) is 11.3 Å². The van der Waals surface area contributed by atoms with Crippen LogP contribution in [-0.2, 0) is 6.54 Å². The van der Waals surface area contributed by atoms with Gasteiger partial charge in [-0.25, -0.2) is 9.61 Å². The molecule has 0 N–H and O–H groups in total. The Bertz CT molecular complexity index is 611. The Morgan fingerprint density at radius 2 is 2.35 bits per heavy atom. The van der Waals surface area contributed by atoms with Crippen LogP contribution in [0.1, 0.15) is 11.4 Å². The molecule has 0 aliphatic heterocycles. The molecule has 3 rings (SSSR count). The Morgan fingerprint density at radius 1 is 1.41 bits per heavy atom. The molecule has 0 aromatic carbocycles. The van der Waals surface area contributed by atoms with Gasteiger partial charge in [-0.1, -0.05) is 16.4 Å². The molecule has 17 heavy (non-hydrogen) atoms. The second-order valence-corrected chi connectivity index (χ2v) is 4.60. The first kappa shape index (κ1) is 10.2. The predicted octanol–water partition coefficient (Wildman–Crippen LogP) is 2.35. The summed E-state index contributed by atoms with van der Waals surface area (Å²) in [6.07, 6.45) is 3.72. The minimum atomic E-state index is 0.628. The molecule has 3 heterocycles. The summed E-state index contributed by atoms with van der Waals surface area (Å²) in [7, 11) is 0. The maximum atomic E-state index is 4.69. The van der Waals surface area contributed by atoms with Crippen molar-refractivity contribution in [1.82, 2.24) is 19.9 Å². The van der Waals surface area contributed by atoms with Gasteiger partial charge < -0.3 is 4.57 Å². The summed E-state index contributed by atoms with van der Waals surface area (Å²) < 4.78 is 6.73. The first-order valence-electron chi connectivity index (χ1n) is 5.17. The highest BCUT2D eigenvalue weighted by Crippen LogP contribution is 2.23. The Kier molecular flexibility index (Phi) is 2.49. The van der Waals surface area contributed by atoms with Crippen LogP contribution in [0.3, 0.4) is 0 Å². The topological polar surface area (TPSA) is 56.7 Å². The largest absolute Gasteiger partial charge is 0.324 e. The van der Waals surface area contributed by atoms with Gasteiger partial charge in [0.15, 0.2) is 0 Å². The van der Waals surface area contributed by atoms with Crippen LogP contribution >= 0.6 is 11.3 Å². The first-order valence-corrected chi connectivity index (χ1v) is 6.05. The van der Waals surface area contributed by atoms with E-state index in [0.717, 1.165) is 22.1 Å². The molecule has 0 amide bonds. The number of aromatic nitrogens is 4. The third kappa shape index (κ3) is 1.87. The average Bonchev–Trinajstić information content (AvgIpc) is 3.02. The van der Waals surface area contributed by atoms with Crippen molar-refractivity contribution in [2.24, 2.45) is 0 Å². The molecule has 0 atom stereocenters. The van der Waals surface area contributed by atoms with Crippen LogP contribution in [0.5, 0.6) is 0 Å². The summed E-state index contributed by atoms with van der Waals surface area (Å²) >= 11 is 1.67. The number of hydrogen-bond acceptors (Lipinski definition) is 5. The van der Waals surface area contributed by atoms with Crippen molar-refractivity contribution in [3.8, 4) is 10.7 Å². The zero-order valence-electron chi connectivity index (χ0n) is 9.20. The Balaban J connectivity index is 1.95. The molecule has 0 bridgehead atoms. The standard InChI is InChI=1S/C11H10N4OS/c1-8-9(14-16-13-8)7-15-5-4-12-11(15)10-3-2-6-17-10/h2-6H,7H2,1H3. The van der Waals surface area contributed by atoms with E-state index in [-0.39, 0.29) is 0 Å². The van der Waals surface area contributed by atoms with E-state index in [1.54, 1.807) is 17.5 Å². The fourth-order valence-electron chi connectivity index (χ4n) is 1.62. The van der Waals surface area contributed by atoms with E-state index in [0.29, 0.717) is 6.54 Å². The molecule has 0 saturated carbocycles. The van der Waals surface area contributed by atoms with Gasteiger partial charge in [-0.05, 0) is 18.4 Å². The zero-order chi connectivity index (χ0) is 11.7. The molecule has 0 radical (unpaired) electrons. The monoisotopic (exact) mass is 246 g/mol. The third-order valence-electron chi connectivity index (χ3n) is 2.52. The summed E-state index contributed by atoms with van der Waals surface area (Å²) in [5.41, 5.74) is 1.65. The molecule has 6 heteroatoms. The zero-order valence-corrected chi connectivity index (χ0v) is 10.0. The molecule has 0 saturated heterocycles. The maximum absolute atomic E-state index is 4.69. The summed E-state index contributed by atoms with van der Waals surface area (Å²) in [5.74, 6) is 0.947. The maximum Gasteiger partial charge on any atom is 0.150 e. The molecule has 0 spiro atoms. The number of aryl methyl sites for hydroxylation is 1. The molecular weight excluding hydrogens is 236 g/mol. The summed E-state index contributed by atoms with van der Waals surface area (Å²) in [4.78, 5) is 5.51. The molecule has 0 fully saturated rings. The summed E-state index contributed by atoms with van der Waals surface area (Å²) in [5, 5.41) is 9.69. The van der Waals surface area contributed by atoms with Gasteiger partial charge in [0, 0.05) is 12.4 Å². The third-order valence-corrected chi connectivity index (χ3v) is 3.39. The minimum Gasteiger partial charge on any atom is -0.324 e. The van der Waals surface area contributed by atoms with Crippen LogP contribution in [0.2, 0.25) is 0 Å². The van der Waals surface area contributed by atoms with Crippen LogP contribution < -0.4 is 0 Å². The number of nitrogens with zero attached hydrogens (tertiary/aromatic N) is 4. The lowest BCUT2D eigenvalue weighted by molar-refractivity contribution is 0.300. The summed E-state index contributed by atoms with van der Waals surface area (Å²) in [6.45, 7) is 2.51. The van der Waals surface area contributed by atoms with E-state index < -0.39 is 0 Å². The lowest BCUT2D eigenvalue weighted by atomic mass is 10.3. The second-order valence-electron chi connectivity index (χ2n) is 3.65. The van der Waals surface area contributed by atoms with E-state index >= 15 is 0 Å². The molecule has 86 valence electrons. The highest BCUT2D eigenvalue weighted by Gasteiger charge is 2.11. The highest BCUT2D eigenvalue weighted by atomic mass is 32.1. The van der Waals surface area contributed by atoms with Crippen LogP contribution in [0.4, 0.5) is 0 Å². The SMILES string of the molecule is Cc1nonc1Cn1ccnc1-c1cccs1. The van der Waals surface area contributed by atoms with E-state index in [1.807, 2.05) is 29.1 Å². The van der Waals surface area contributed by atoms with E-state index in [2.05, 4.69) is 21.4 Å². The van der Waals surface area contributed by atoms with Crippen LogP contribution in [0.25, 0.3) is 10.7 Å². The lowest BCUT2D eigenvalue weighted by Crippen LogP contribution is -2.02. The average molecular weight is 246 g/mol. The number of imidazole rings is 1. The first-order chi connectivity index (χ1) is 8.34. The quantitative estimate of drug-likeness (QED) is 0.711. The van der Waals surface area contributed by atoms with Gasteiger partial charge in [0.05, 0.1) is 11.4 Å². The van der Waals surface area contributed by atoms with E-state index in [4.69, 9.17) is 4.63 Å². The number of thiophene rings is 1. The second kappa shape index (κ2) is 4.14. The van der Waals surface area contributed by atoms with Crippen molar-refractivity contribution in [2.45, 2.75) is 13.5 Å². The van der Waals surface area contributed by atoms with E-state index in [1.165, 1.54) is 0 Å². The minimum absolute atomic E-state index is 0.628. The van der Waals surface area contributed by atoms with Crippen molar-refractivity contribution in [1.29, 1.82) is 0 Å². The molecule has 5 nitrogen and oxygen atoms in total. The van der Waals surface area contributed by atoms with Gasteiger partial charge in [0.2, 0.25) is 0 Å².